The van der Waals surface area contributed by atoms with Crippen LogP contribution in [0.2, 0.25) is 0 Å². The highest BCUT2D eigenvalue weighted by Crippen LogP contribution is 2.57. The monoisotopic (exact) mass is 385 g/mol. The highest BCUT2D eigenvalue weighted by molar-refractivity contribution is 5.96. The minimum atomic E-state index is -1.14. The van der Waals surface area contributed by atoms with Crippen LogP contribution in [0.1, 0.15) is 49.7 Å². The number of carboxylic acids is 1. The third-order valence-electron chi connectivity index (χ3n) is 6.61. The van der Waals surface area contributed by atoms with Crippen molar-refractivity contribution in [3.05, 3.63) is 35.4 Å². The second kappa shape index (κ2) is 7.11. The molecule has 1 aromatic rings. The smallest absolute Gasteiger partial charge is 0.408 e. The van der Waals surface area contributed by atoms with E-state index < -0.39 is 23.7 Å². The zero-order valence-electron chi connectivity index (χ0n) is 15.8. The van der Waals surface area contributed by atoms with E-state index in [2.05, 4.69) is 5.32 Å². The Balaban J connectivity index is 1.43. The lowest BCUT2D eigenvalue weighted by Gasteiger charge is -2.55. The minimum Gasteiger partial charge on any atom is -0.480 e. The number of hydrogen-bond donors (Lipinski definition) is 4. The third-order valence-corrected chi connectivity index (χ3v) is 6.61. The molecule has 0 radical (unpaired) electrons. The maximum Gasteiger partial charge on any atom is 0.408 e. The number of amidine groups is 1. The lowest BCUT2D eigenvalue weighted by molar-refractivity contribution is -0.141. The van der Waals surface area contributed by atoms with Gasteiger partial charge in [-0.1, -0.05) is 24.3 Å². The number of hydrogen-bond acceptors (Lipinski definition) is 4. The van der Waals surface area contributed by atoms with Gasteiger partial charge in [0.1, 0.15) is 17.5 Å². The number of carbonyl (C=O) groups is 2. The molecule has 4 bridgehead atoms. The number of nitrogens with two attached hydrogens (primary N) is 1. The standard InChI is InChI=1S/C21H27N3O4/c22-18(23)16-4-2-1-3-15(16)8-17(19(25)26)24-20(27)28-21-9-12-5-13(10-21)7-14(6-12)11-21/h1-4,12-14,17H,5-11H2,(H3,22,23)(H,24,27)(H,25,26). The van der Waals surface area contributed by atoms with Crippen molar-refractivity contribution < 1.29 is 19.4 Å². The number of ether oxygens (including phenoxy) is 1. The van der Waals surface area contributed by atoms with Crippen LogP contribution >= 0.6 is 0 Å². The predicted octanol–water partition coefficient (Wildman–Crippen LogP) is 2.66. The number of rotatable bonds is 6. The zero-order valence-corrected chi connectivity index (χ0v) is 15.8. The summed E-state index contributed by atoms with van der Waals surface area (Å²) in [5.41, 5.74) is 6.26. The number of aliphatic carboxylic acids is 1. The van der Waals surface area contributed by atoms with Gasteiger partial charge in [-0.2, -0.15) is 0 Å². The summed E-state index contributed by atoms with van der Waals surface area (Å²) in [4.78, 5) is 24.3. The first-order chi connectivity index (χ1) is 13.3. The molecule has 0 saturated heterocycles. The van der Waals surface area contributed by atoms with E-state index in [1.807, 2.05) is 0 Å². The van der Waals surface area contributed by atoms with Crippen molar-refractivity contribution in [3.8, 4) is 0 Å². The average molecular weight is 385 g/mol. The van der Waals surface area contributed by atoms with Gasteiger partial charge in [0, 0.05) is 12.0 Å². The van der Waals surface area contributed by atoms with Crippen LogP contribution in [-0.2, 0) is 16.0 Å². The van der Waals surface area contributed by atoms with E-state index in [4.69, 9.17) is 15.9 Å². The van der Waals surface area contributed by atoms with E-state index in [1.54, 1.807) is 24.3 Å². The average Bonchev–Trinajstić information content (AvgIpc) is 2.59. The van der Waals surface area contributed by atoms with E-state index in [9.17, 15) is 14.7 Å². The number of amides is 1. The number of alkyl carbamates (subject to hydrolysis) is 1. The normalized spacial score (nSPS) is 31.2. The van der Waals surface area contributed by atoms with Gasteiger partial charge in [-0.05, 0) is 61.8 Å². The largest absolute Gasteiger partial charge is 0.480 e. The number of nitrogens with one attached hydrogen (secondary N) is 2. The Bertz CT molecular complexity index is 771. The first-order valence-electron chi connectivity index (χ1n) is 9.98. The van der Waals surface area contributed by atoms with Gasteiger partial charge in [0.05, 0.1) is 0 Å². The summed E-state index contributed by atoms with van der Waals surface area (Å²) < 4.78 is 5.87. The van der Waals surface area contributed by atoms with Gasteiger partial charge in [-0.3, -0.25) is 5.41 Å². The molecule has 0 heterocycles. The van der Waals surface area contributed by atoms with Gasteiger partial charge in [0.25, 0.3) is 0 Å². The molecule has 0 aliphatic heterocycles. The van der Waals surface area contributed by atoms with Crippen molar-refractivity contribution in [2.24, 2.45) is 23.5 Å². The molecule has 5 rings (SSSR count). The summed E-state index contributed by atoms with van der Waals surface area (Å²) in [5.74, 6) is 0.641. The second-order valence-electron chi connectivity index (χ2n) is 8.80. The Labute approximate surface area is 164 Å². The van der Waals surface area contributed by atoms with Crippen LogP contribution in [0.5, 0.6) is 0 Å². The van der Waals surface area contributed by atoms with Crippen molar-refractivity contribution in [1.29, 1.82) is 5.41 Å². The summed E-state index contributed by atoms with van der Waals surface area (Å²) >= 11 is 0. The number of nitrogen functional groups attached to an aromatic ring is 1. The fourth-order valence-electron chi connectivity index (χ4n) is 5.91. The molecule has 7 heteroatoms. The molecule has 28 heavy (non-hydrogen) atoms. The molecule has 7 nitrogen and oxygen atoms in total. The van der Waals surface area contributed by atoms with E-state index in [0.29, 0.717) is 28.9 Å². The predicted molar refractivity (Wildman–Crippen MR) is 103 cm³/mol. The fraction of sp³-hybridized carbons (Fsp3) is 0.571. The Kier molecular flexibility index (Phi) is 4.77. The van der Waals surface area contributed by atoms with E-state index in [0.717, 1.165) is 19.3 Å². The Morgan fingerprint density at radius 3 is 2.29 bits per heavy atom. The molecule has 150 valence electrons. The number of carboxylic acid groups (broad SMARTS) is 1. The molecule has 4 aliphatic carbocycles. The zero-order chi connectivity index (χ0) is 19.9. The van der Waals surface area contributed by atoms with Gasteiger partial charge in [-0.25, -0.2) is 9.59 Å². The third kappa shape index (κ3) is 3.70. The number of benzene rings is 1. The maximum atomic E-state index is 12.6. The quantitative estimate of drug-likeness (QED) is 0.442. The van der Waals surface area contributed by atoms with E-state index in [-0.39, 0.29) is 12.3 Å². The summed E-state index contributed by atoms with van der Waals surface area (Å²) in [6.07, 6.45) is 5.81. The van der Waals surface area contributed by atoms with Crippen LogP contribution in [-0.4, -0.2) is 34.6 Å². The van der Waals surface area contributed by atoms with Gasteiger partial charge in [-0.15, -0.1) is 0 Å². The van der Waals surface area contributed by atoms with Gasteiger partial charge < -0.3 is 20.9 Å². The summed E-state index contributed by atoms with van der Waals surface area (Å²) in [7, 11) is 0. The molecule has 5 N–H and O–H groups in total. The molecule has 1 unspecified atom stereocenters. The molecule has 1 atom stereocenters. The van der Waals surface area contributed by atoms with Crippen molar-refractivity contribution in [2.75, 3.05) is 0 Å². The van der Waals surface area contributed by atoms with Crippen LogP contribution < -0.4 is 11.1 Å². The molecule has 4 fully saturated rings. The van der Waals surface area contributed by atoms with Crippen LogP contribution in [0.25, 0.3) is 0 Å². The van der Waals surface area contributed by atoms with Crippen LogP contribution in [0.4, 0.5) is 4.79 Å². The molecule has 1 aromatic carbocycles. The lowest BCUT2D eigenvalue weighted by Crippen LogP contribution is -2.55. The molecule has 0 spiro atoms. The highest BCUT2D eigenvalue weighted by atomic mass is 16.6. The Morgan fingerprint density at radius 2 is 1.75 bits per heavy atom. The van der Waals surface area contributed by atoms with Crippen LogP contribution in [0.3, 0.4) is 0 Å². The number of carbonyl (C=O) groups excluding carboxylic acids is 1. The lowest BCUT2D eigenvalue weighted by atomic mass is 9.54. The molecule has 0 aromatic heterocycles. The molecule has 4 aliphatic rings. The Hall–Kier alpha value is -2.57. The highest BCUT2D eigenvalue weighted by Gasteiger charge is 2.53. The SMILES string of the molecule is N=C(N)c1ccccc1CC(NC(=O)OC12CC3CC(CC(C3)C1)C2)C(=O)O. The molecule has 4 saturated carbocycles. The van der Waals surface area contributed by atoms with Gasteiger partial charge in [0.15, 0.2) is 0 Å². The van der Waals surface area contributed by atoms with Crippen molar-refractivity contribution >= 4 is 17.9 Å². The van der Waals surface area contributed by atoms with Crippen LogP contribution in [0, 0.1) is 23.2 Å². The summed E-state index contributed by atoms with van der Waals surface area (Å²) in [6.45, 7) is 0. The van der Waals surface area contributed by atoms with E-state index >= 15 is 0 Å². The molecule has 1 amide bonds. The van der Waals surface area contributed by atoms with E-state index in [1.165, 1.54) is 19.3 Å². The van der Waals surface area contributed by atoms with Gasteiger partial charge in [0.2, 0.25) is 0 Å². The van der Waals surface area contributed by atoms with Crippen molar-refractivity contribution in [2.45, 2.75) is 56.6 Å². The second-order valence-corrected chi connectivity index (χ2v) is 8.80. The summed E-state index contributed by atoms with van der Waals surface area (Å²) in [5, 5.41) is 19.8. The van der Waals surface area contributed by atoms with Crippen LogP contribution in [0.15, 0.2) is 24.3 Å². The topological polar surface area (TPSA) is 126 Å². The van der Waals surface area contributed by atoms with Gasteiger partial charge >= 0.3 is 12.1 Å². The molecular weight excluding hydrogens is 358 g/mol. The minimum absolute atomic E-state index is 0.0427. The molecular formula is C21H27N3O4. The van der Waals surface area contributed by atoms with Crippen molar-refractivity contribution in [1.82, 2.24) is 5.32 Å². The Morgan fingerprint density at radius 1 is 1.18 bits per heavy atom. The first-order valence-corrected chi connectivity index (χ1v) is 9.98. The van der Waals surface area contributed by atoms with Crippen molar-refractivity contribution in [3.63, 3.8) is 0 Å². The fourth-order valence-corrected chi connectivity index (χ4v) is 5.91. The summed E-state index contributed by atoms with van der Waals surface area (Å²) in [6, 6.07) is 5.75. The first kappa shape index (κ1) is 18.8. The maximum absolute atomic E-state index is 12.6.